The van der Waals surface area contributed by atoms with Gasteiger partial charge in [0, 0.05) is 31.1 Å². The van der Waals surface area contributed by atoms with E-state index in [-0.39, 0.29) is 17.7 Å². The van der Waals surface area contributed by atoms with Crippen molar-refractivity contribution in [2.24, 2.45) is 5.92 Å². The second-order valence-electron chi connectivity index (χ2n) is 11.0. The highest BCUT2D eigenvalue weighted by molar-refractivity contribution is 5.94. The Morgan fingerprint density at radius 1 is 1.21 bits per heavy atom. The van der Waals surface area contributed by atoms with Gasteiger partial charge in [0.15, 0.2) is 5.65 Å². The van der Waals surface area contributed by atoms with Crippen molar-refractivity contribution < 1.29 is 14.7 Å². The van der Waals surface area contributed by atoms with Gasteiger partial charge in [-0.1, -0.05) is 19.8 Å². The number of carbonyl (C=O) groups is 2. The number of hydrogen-bond donors (Lipinski definition) is 1. The normalized spacial score (nSPS) is 21.2. The van der Waals surface area contributed by atoms with Crippen molar-refractivity contribution >= 4 is 17.5 Å². The molecular weight excluding hydrogens is 430 g/mol. The van der Waals surface area contributed by atoms with E-state index in [9.17, 15) is 14.7 Å². The number of nitrogens with zero attached hydrogens (tertiary/aromatic N) is 5. The predicted molar refractivity (Wildman–Crippen MR) is 127 cm³/mol. The number of amides is 2. The van der Waals surface area contributed by atoms with E-state index in [1.165, 1.54) is 0 Å². The summed E-state index contributed by atoms with van der Waals surface area (Å²) in [6, 6.07) is 1.98. The molecule has 0 aromatic carbocycles. The zero-order valence-electron chi connectivity index (χ0n) is 20.5. The molecule has 34 heavy (non-hydrogen) atoms. The first-order chi connectivity index (χ1) is 16.1. The molecule has 2 saturated carbocycles. The van der Waals surface area contributed by atoms with Crippen LogP contribution < -0.4 is 0 Å². The molecule has 2 amide bonds. The van der Waals surface area contributed by atoms with Crippen molar-refractivity contribution in [3.05, 3.63) is 29.2 Å². The molecule has 3 aliphatic rings. The molecule has 8 heteroatoms. The van der Waals surface area contributed by atoms with Gasteiger partial charge in [0.2, 0.25) is 0 Å². The third-order valence-corrected chi connectivity index (χ3v) is 7.29. The standard InChI is InChI=1S/C26H33N5O3/c1-17(2)20-14-19(9-8-18-6-7-18)28-31-15-21(27-22(20)31)23(32)30-13-12-29(16-25(30,3)4)24(33)26(34)10-5-11-26/h14-15,17-18,34H,5-7,10-13,16H2,1-4H3. The van der Waals surface area contributed by atoms with Gasteiger partial charge < -0.3 is 14.9 Å². The third kappa shape index (κ3) is 4.07. The maximum Gasteiger partial charge on any atom is 0.274 e. The third-order valence-electron chi connectivity index (χ3n) is 7.29. The second kappa shape index (κ2) is 8.09. The summed E-state index contributed by atoms with van der Waals surface area (Å²) >= 11 is 0. The number of hydrogen-bond acceptors (Lipinski definition) is 5. The maximum absolute atomic E-state index is 13.6. The maximum atomic E-state index is 13.6. The Morgan fingerprint density at radius 3 is 2.53 bits per heavy atom. The van der Waals surface area contributed by atoms with Gasteiger partial charge in [0.05, 0.1) is 11.7 Å². The Kier molecular flexibility index (Phi) is 5.44. The van der Waals surface area contributed by atoms with Crippen molar-refractivity contribution in [1.82, 2.24) is 24.4 Å². The average Bonchev–Trinajstić information content (AvgIpc) is 3.50. The first-order valence-corrected chi connectivity index (χ1v) is 12.3. The minimum absolute atomic E-state index is 0.176. The van der Waals surface area contributed by atoms with E-state index in [4.69, 9.17) is 0 Å². The summed E-state index contributed by atoms with van der Waals surface area (Å²) < 4.78 is 1.68. The van der Waals surface area contributed by atoms with Gasteiger partial charge in [-0.25, -0.2) is 9.50 Å². The van der Waals surface area contributed by atoms with E-state index in [1.54, 1.807) is 20.5 Å². The Hall–Kier alpha value is -2.92. The minimum Gasteiger partial charge on any atom is -0.380 e. The van der Waals surface area contributed by atoms with Crippen LogP contribution in [-0.2, 0) is 4.79 Å². The van der Waals surface area contributed by atoms with Crippen LogP contribution in [0.4, 0.5) is 0 Å². The van der Waals surface area contributed by atoms with Crippen LogP contribution in [0.5, 0.6) is 0 Å². The topological polar surface area (TPSA) is 91.0 Å². The number of rotatable bonds is 3. The Balaban J connectivity index is 1.40. The van der Waals surface area contributed by atoms with Gasteiger partial charge in [-0.15, -0.1) is 0 Å². The molecule has 2 aliphatic carbocycles. The van der Waals surface area contributed by atoms with Gasteiger partial charge in [0.1, 0.15) is 17.0 Å². The number of aliphatic hydroxyl groups is 1. The lowest BCUT2D eigenvalue weighted by Gasteiger charge is -2.49. The van der Waals surface area contributed by atoms with Crippen LogP contribution in [0.3, 0.4) is 0 Å². The fourth-order valence-electron chi connectivity index (χ4n) is 4.86. The lowest BCUT2D eigenvalue weighted by atomic mass is 9.78. The van der Waals surface area contributed by atoms with E-state index < -0.39 is 11.1 Å². The van der Waals surface area contributed by atoms with Crippen LogP contribution in [0, 0.1) is 17.8 Å². The fraction of sp³-hybridized carbons (Fsp3) is 0.615. The van der Waals surface area contributed by atoms with Gasteiger partial charge in [-0.3, -0.25) is 9.59 Å². The molecule has 0 unspecified atom stereocenters. The molecule has 1 saturated heterocycles. The molecule has 2 aromatic heterocycles. The Bertz CT molecular complexity index is 1210. The molecule has 8 nitrogen and oxygen atoms in total. The van der Waals surface area contributed by atoms with Crippen molar-refractivity contribution in [1.29, 1.82) is 0 Å². The van der Waals surface area contributed by atoms with E-state index in [1.807, 2.05) is 19.9 Å². The van der Waals surface area contributed by atoms with Gasteiger partial charge in [-0.2, -0.15) is 5.10 Å². The molecule has 5 rings (SSSR count). The minimum atomic E-state index is -1.22. The molecule has 0 atom stereocenters. The predicted octanol–water partition coefficient (Wildman–Crippen LogP) is 2.59. The monoisotopic (exact) mass is 463 g/mol. The fourth-order valence-corrected chi connectivity index (χ4v) is 4.86. The number of aromatic nitrogens is 3. The van der Waals surface area contributed by atoms with Crippen molar-refractivity contribution in [3.8, 4) is 11.8 Å². The van der Waals surface area contributed by atoms with Gasteiger partial charge in [-0.05, 0) is 63.9 Å². The highest BCUT2D eigenvalue weighted by Crippen LogP contribution is 2.35. The van der Waals surface area contributed by atoms with Crippen LogP contribution in [0.2, 0.25) is 0 Å². The highest BCUT2D eigenvalue weighted by Gasteiger charge is 2.48. The van der Waals surface area contributed by atoms with Crippen LogP contribution in [-0.4, -0.2) is 72.1 Å². The van der Waals surface area contributed by atoms with Crippen LogP contribution in [0.15, 0.2) is 12.3 Å². The first kappa shape index (κ1) is 22.9. The summed E-state index contributed by atoms with van der Waals surface area (Å²) in [4.78, 5) is 34.5. The first-order valence-electron chi connectivity index (χ1n) is 12.3. The summed E-state index contributed by atoms with van der Waals surface area (Å²) in [5.74, 6) is 6.75. The number of piperazine rings is 1. The summed E-state index contributed by atoms with van der Waals surface area (Å²) in [5, 5.41) is 15.1. The van der Waals surface area contributed by atoms with Crippen molar-refractivity contribution in [2.75, 3.05) is 19.6 Å². The highest BCUT2D eigenvalue weighted by atomic mass is 16.3. The molecular formula is C26H33N5O3. The van der Waals surface area contributed by atoms with Crippen LogP contribution in [0.1, 0.15) is 87.5 Å². The molecule has 3 heterocycles. The Morgan fingerprint density at radius 2 is 1.94 bits per heavy atom. The number of carbonyl (C=O) groups excluding carboxylic acids is 2. The summed E-state index contributed by atoms with van der Waals surface area (Å²) in [5.41, 5.74) is 0.915. The molecule has 1 aliphatic heterocycles. The second-order valence-corrected chi connectivity index (χ2v) is 11.0. The van der Waals surface area contributed by atoms with E-state index in [2.05, 4.69) is 35.8 Å². The molecule has 3 fully saturated rings. The smallest absolute Gasteiger partial charge is 0.274 e. The van der Waals surface area contributed by atoms with E-state index >= 15 is 0 Å². The summed E-state index contributed by atoms with van der Waals surface area (Å²) in [7, 11) is 0. The van der Waals surface area contributed by atoms with E-state index in [0.29, 0.717) is 55.4 Å². The van der Waals surface area contributed by atoms with Crippen LogP contribution in [0.25, 0.3) is 5.65 Å². The molecule has 0 radical (unpaired) electrons. The lowest BCUT2D eigenvalue weighted by Crippen LogP contribution is -2.65. The molecule has 2 aromatic rings. The zero-order chi connectivity index (χ0) is 24.3. The summed E-state index contributed by atoms with van der Waals surface area (Å²) in [6.45, 7) is 9.27. The molecule has 180 valence electrons. The average molecular weight is 464 g/mol. The largest absolute Gasteiger partial charge is 0.380 e. The molecule has 0 spiro atoms. The number of imidazole rings is 1. The zero-order valence-corrected chi connectivity index (χ0v) is 20.5. The van der Waals surface area contributed by atoms with Crippen LogP contribution >= 0.6 is 0 Å². The molecule has 0 bridgehead atoms. The number of fused-ring (bicyclic) bond motifs is 1. The lowest BCUT2D eigenvalue weighted by molar-refractivity contribution is -0.164. The summed E-state index contributed by atoms with van der Waals surface area (Å²) in [6.07, 6.45) is 5.92. The quantitative estimate of drug-likeness (QED) is 0.707. The van der Waals surface area contributed by atoms with Crippen molar-refractivity contribution in [3.63, 3.8) is 0 Å². The van der Waals surface area contributed by atoms with Gasteiger partial charge >= 0.3 is 0 Å². The Labute approximate surface area is 200 Å². The SMILES string of the molecule is CC(C)c1cc(C#CC2CC2)nn2cc(C(=O)N3CCN(C(=O)C4(O)CCC4)CC3(C)C)nc12. The van der Waals surface area contributed by atoms with Gasteiger partial charge in [0.25, 0.3) is 11.8 Å². The molecule has 1 N–H and O–H groups in total. The van der Waals surface area contributed by atoms with E-state index in [0.717, 1.165) is 24.8 Å². The van der Waals surface area contributed by atoms with Crippen molar-refractivity contribution in [2.45, 2.75) is 76.9 Å².